The zero-order valence-corrected chi connectivity index (χ0v) is 12.2. The third kappa shape index (κ3) is 2.31. The van der Waals surface area contributed by atoms with E-state index in [2.05, 4.69) is 10.1 Å². The van der Waals surface area contributed by atoms with Crippen LogP contribution in [0.4, 0.5) is 0 Å². The molecular formula is C14H11N3O3S. The lowest BCUT2D eigenvalue weighted by Gasteiger charge is -2.02. The fraction of sp³-hybridized carbons (Fsp3) is 0.143. The molecule has 106 valence electrons. The van der Waals surface area contributed by atoms with Crippen molar-refractivity contribution >= 4 is 22.4 Å². The maximum Gasteiger partial charge on any atom is 0.295 e. The molecule has 2 aromatic heterocycles. The number of ether oxygens (including phenoxy) is 1. The Morgan fingerprint density at radius 2 is 2.05 bits per heavy atom. The molecular weight excluding hydrogens is 290 g/mol. The highest BCUT2D eigenvalue weighted by Crippen LogP contribution is 2.17. The van der Waals surface area contributed by atoms with Gasteiger partial charge in [-0.2, -0.15) is 14.6 Å². The lowest BCUT2D eigenvalue weighted by molar-refractivity contribution is 0.414. The summed E-state index contributed by atoms with van der Waals surface area (Å²) >= 11 is 1.13. The van der Waals surface area contributed by atoms with E-state index in [1.54, 1.807) is 13.2 Å². The first-order valence-electron chi connectivity index (χ1n) is 6.15. The summed E-state index contributed by atoms with van der Waals surface area (Å²) in [5.74, 6) is 0.668. The highest BCUT2D eigenvalue weighted by Gasteiger charge is 2.08. The quantitative estimate of drug-likeness (QED) is 0.684. The highest BCUT2D eigenvalue weighted by atomic mass is 32.1. The van der Waals surface area contributed by atoms with E-state index in [0.29, 0.717) is 10.3 Å². The fourth-order valence-electron chi connectivity index (χ4n) is 1.91. The number of aryl methyl sites for hydroxylation is 1. The molecule has 3 rings (SSSR count). The number of rotatable bonds is 2. The standard InChI is InChI=1S/C14H11N3O3S/c1-8-12(18)15-14-17(16-8)13(19)11(21-14)7-9-5-3-4-6-10(9)20-2/h3-7H,1-2H3. The van der Waals surface area contributed by atoms with Gasteiger partial charge in [0.25, 0.3) is 11.1 Å². The number of hydrogen-bond donors (Lipinski definition) is 0. The van der Waals surface area contributed by atoms with Crippen molar-refractivity contribution in [3.63, 3.8) is 0 Å². The molecule has 0 N–H and O–H groups in total. The number of hydrogen-bond acceptors (Lipinski definition) is 6. The van der Waals surface area contributed by atoms with Gasteiger partial charge in [0.1, 0.15) is 11.4 Å². The Bertz CT molecular complexity index is 991. The molecule has 0 saturated heterocycles. The van der Waals surface area contributed by atoms with Crippen LogP contribution in [0, 0.1) is 6.92 Å². The van der Waals surface area contributed by atoms with Gasteiger partial charge in [0.05, 0.1) is 11.6 Å². The average molecular weight is 301 g/mol. The molecule has 0 saturated carbocycles. The summed E-state index contributed by atoms with van der Waals surface area (Å²) in [7, 11) is 1.57. The van der Waals surface area contributed by atoms with E-state index in [1.165, 1.54) is 6.92 Å². The van der Waals surface area contributed by atoms with Crippen LogP contribution in [0.5, 0.6) is 5.75 Å². The van der Waals surface area contributed by atoms with Gasteiger partial charge in [-0.25, -0.2) is 0 Å². The van der Waals surface area contributed by atoms with Crippen LogP contribution >= 0.6 is 11.3 Å². The SMILES string of the molecule is COc1ccccc1C=c1sc2nc(=O)c(C)nn2c1=O. The summed E-state index contributed by atoms with van der Waals surface area (Å²) in [6.07, 6.45) is 1.71. The van der Waals surface area contributed by atoms with Crippen molar-refractivity contribution in [1.82, 2.24) is 14.6 Å². The monoisotopic (exact) mass is 301 g/mol. The van der Waals surface area contributed by atoms with Crippen LogP contribution in [0.15, 0.2) is 33.9 Å². The van der Waals surface area contributed by atoms with Crippen LogP contribution in [0.2, 0.25) is 0 Å². The topological polar surface area (TPSA) is 73.6 Å². The normalized spacial score (nSPS) is 12.0. The molecule has 0 unspecified atom stereocenters. The minimum atomic E-state index is -0.417. The largest absolute Gasteiger partial charge is 0.496 e. The fourth-order valence-corrected chi connectivity index (χ4v) is 2.81. The predicted octanol–water partition coefficient (Wildman–Crippen LogP) is 0.376. The first-order chi connectivity index (χ1) is 10.1. The second-order valence-electron chi connectivity index (χ2n) is 4.35. The Kier molecular flexibility index (Phi) is 3.26. The Labute approximate surface area is 123 Å². The summed E-state index contributed by atoms with van der Waals surface area (Å²) in [6, 6.07) is 7.37. The maximum absolute atomic E-state index is 12.3. The predicted molar refractivity (Wildman–Crippen MR) is 79.9 cm³/mol. The average Bonchev–Trinajstić information content (AvgIpc) is 2.77. The van der Waals surface area contributed by atoms with E-state index in [4.69, 9.17) is 4.74 Å². The van der Waals surface area contributed by atoms with Crippen molar-refractivity contribution in [2.24, 2.45) is 0 Å². The van der Waals surface area contributed by atoms with Crippen LogP contribution in [0.25, 0.3) is 11.0 Å². The third-order valence-electron chi connectivity index (χ3n) is 2.97. The minimum absolute atomic E-state index is 0.200. The van der Waals surface area contributed by atoms with Crippen molar-refractivity contribution in [1.29, 1.82) is 0 Å². The highest BCUT2D eigenvalue weighted by molar-refractivity contribution is 7.15. The summed E-state index contributed by atoms with van der Waals surface area (Å²) < 4.78 is 6.86. The van der Waals surface area contributed by atoms with E-state index in [-0.39, 0.29) is 16.2 Å². The zero-order chi connectivity index (χ0) is 15.0. The second-order valence-corrected chi connectivity index (χ2v) is 5.36. The van der Waals surface area contributed by atoms with Gasteiger partial charge >= 0.3 is 0 Å². The number of benzene rings is 1. The summed E-state index contributed by atoms with van der Waals surface area (Å²) in [4.78, 5) is 27.9. The number of methoxy groups -OCH3 is 1. The molecule has 6 nitrogen and oxygen atoms in total. The molecule has 0 radical (unpaired) electrons. The van der Waals surface area contributed by atoms with Gasteiger partial charge in [-0.1, -0.05) is 29.5 Å². The minimum Gasteiger partial charge on any atom is -0.496 e. The molecule has 0 atom stereocenters. The van der Waals surface area contributed by atoms with Gasteiger partial charge < -0.3 is 4.74 Å². The molecule has 0 amide bonds. The Hall–Kier alpha value is -2.54. The second kappa shape index (κ2) is 5.10. The molecule has 0 aliphatic rings. The van der Waals surface area contributed by atoms with Crippen LogP contribution in [0.1, 0.15) is 11.3 Å². The summed E-state index contributed by atoms with van der Waals surface area (Å²) in [5.41, 5.74) is 0.270. The number of thiazole rings is 1. The van der Waals surface area contributed by atoms with Gasteiger partial charge in [0, 0.05) is 5.56 Å². The molecule has 21 heavy (non-hydrogen) atoms. The van der Waals surface area contributed by atoms with Crippen LogP contribution < -0.4 is 20.4 Å². The number of para-hydroxylation sites is 1. The molecule has 0 aliphatic heterocycles. The van der Waals surface area contributed by atoms with E-state index in [0.717, 1.165) is 21.4 Å². The number of aromatic nitrogens is 3. The van der Waals surface area contributed by atoms with E-state index < -0.39 is 5.56 Å². The van der Waals surface area contributed by atoms with Gasteiger partial charge in [-0.15, -0.1) is 0 Å². The lowest BCUT2D eigenvalue weighted by Crippen LogP contribution is -2.27. The smallest absolute Gasteiger partial charge is 0.295 e. The molecule has 0 bridgehead atoms. The molecule has 2 heterocycles. The molecule has 0 aliphatic carbocycles. The first kappa shape index (κ1) is 13.4. The van der Waals surface area contributed by atoms with Crippen LogP contribution in [-0.2, 0) is 0 Å². The van der Waals surface area contributed by atoms with Crippen molar-refractivity contribution in [2.45, 2.75) is 6.92 Å². The summed E-state index contributed by atoms with van der Waals surface area (Å²) in [5, 5.41) is 3.97. The van der Waals surface area contributed by atoms with E-state index in [1.807, 2.05) is 24.3 Å². The van der Waals surface area contributed by atoms with Gasteiger partial charge in [0.2, 0.25) is 4.96 Å². The lowest BCUT2D eigenvalue weighted by atomic mass is 10.2. The van der Waals surface area contributed by atoms with E-state index >= 15 is 0 Å². The van der Waals surface area contributed by atoms with Gasteiger partial charge in [-0.05, 0) is 19.1 Å². The van der Waals surface area contributed by atoms with Crippen molar-refractivity contribution in [2.75, 3.05) is 7.11 Å². The third-order valence-corrected chi connectivity index (χ3v) is 3.93. The molecule has 7 heteroatoms. The van der Waals surface area contributed by atoms with Crippen molar-refractivity contribution < 1.29 is 4.74 Å². The molecule has 0 spiro atoms. The number of nitrogens with zero attached hydrogens (tertiary/aromatic N) is 3. The zero-order valence-electron chi connectivity index (χ0n) is 11.4. The van der Waals surface area contributed by atoms with Crippen molar-refractivity contribution in [3.8, 4) is 5.75 Å². The summed E-state index contributed by atoms with van der Waals surface area (Å²) in [6.45, 7) is 1.53. The van der Waals surface area contributed by atoms with Gasteiger partial charge in [-0.3, -0.25) is 9.59 Å². The molecule has 1 aromatic carbocycles. The van der Waals surface area contributed by atoms with E-state index in [9.17, 15) is 9.59 Å². The Morgan fingerprint density at radius 3 is 2.81 bits per heavy atom. The maximum atomic E-state index is 12.3. The number of fused-ring (bicyclic) bond motifs is 1. The van der Waals surface area contributed by atoms with Crippen molar-refractivity contribution in [3.05, 3.63) is 60.8 Å². The van der Waals surface area contributed by atoms with Gasteiger partial charge in [0.15, 0.2) is 0 Å². The Balaban J connectivity index is 2.30. The van der Waals surface area contributed by atoms with Crippen LogP contribution in [0.3, 0.4) is 0 Å². The molecule has 3 aromatic rings. The first-order valence-corrected chi connectivity index (χ1v) is 6.97. The Morgan fingerprint density at radius 1 is 1.29 bits per heavy atom. The molecule has 0 fully saturated rings. The van der Waals surface area contributed by atoms with Crippen LogP contribution in [-0.4, -0.2) is 21.7 Å².